The molecule has 0 N–H and O–H groups in total. The van der Waals surface area contributed by atoms with Crippen molar-refractivity contribution in [3.05, 3.63) is 199 Å². The lowest BCUT2D eigenvalue weighted by molar-refractivity contribution is 0.220. The molecule has 0 radical (unpaired) electrons. The SMILES string of the molecule is N#Cc1ccc(-c2ccc(C34CC5CC3CC(c3ccc(-c6ccc(-c7nc(-c8ccc9ccccc9c8)nc(-c8ccc9ccccc9c8)n7)cc6)cc3)(C5)C4)cc2)cc1. The van der Waals surface area contributed by atoms with E-state index in [9.17, 15) is 5.26 Å². The second-order valence-corrected chi connectivity index (χ2v) is 17.9. The number of fused-ring (bicyclic) bond motifs is 2. The van der Waals surface area contributed by atoms with Crippen LogP contribution in [0.1, 0.15) is 48.8 Å². The van der Waals surface area contributed by atoms with Crippen molar-refractivity contribution in [2.45, 2.75) is 42.9 Å². The van der Waals surface area contributed by atoms with Crippen LogP contribution in [0.3, 0.4) is 0 Å². The number of rotatable bonds is 7. The number of nitriles is 1. The highest BCUT2D eigenvalue weighted by Crippen LogP contribution is 2.71. The van der Waals surface area contributed by atoms with Crippen LogP contribution in [0.2, 0.25) is 0 Å². The van der Waals surface area contributed by atoms with Crippen molar-refractivity contribution >= 4 is 21.5 Å². The molecular weight excluding hydrogens is 741 g/mol. The average Bonchev–Trinajstić information content (AvgIpc) is 3.73. The van der Waals surface area contributed by atoms with Gasteiger partial charge in [0.2, 0.25) is 0 Å². The van der Waals surface area contributed by atoms with Gasteiger partial charge in [0, 0.05) is 16.7 Å². The van der Waals surface area contributed by atoms with Crippen LogP contribution in [0.5, 0.6) is 0 Å². The second-order valence-electron chi connectivity index (χ2n) is 17.9. The zero-order valence-electron chi connectivity index (χ0n) is 33.8. The predicted octanol–water partition coefficient (Wildman–Crippen LogP) is 13.8. The van der Waals surface area contributed by atoms with E-state index in [-0.39, 0.29) is 10.8 Å². The summed E-state index contributed by atoms with van der Waals surface area (Å²) >= 11 is 0. The first-order valence-electron chi connectivity index (χ1n) is 21.6. The largest absolute Gasteiger partial charge is 0.208 e. The fraction of sp³-hybridized carbons (Fsp3) is 0.158. The summed E-state index contributed by atoms with van der Waals surface area (Å²) in [6, 6.07) is 67.5. The van der Waals surface area contributed by atoms with Crippen LogP contribution in [-0.4, -0.2) is 15.0 Å². The molecule has 0 amide bonds. The van der Waals surface area contributed by atoms with E-state index in [2.05, 4.69) is 176 Å². The van der Waals surface area contributed by atoms with Gasteiger partial charge in [0.1, 0.15) is 0 Å². The molecule has 13 rings (SSSR count). The standard InChI is InChI=1S/C57H42N4/c58-35-37-9-11-41(12-10-37)44-23-27-51(28-24-44)57-33-38-29-52(57)34-56(32-38,36-57)50-25-21-43(22-26-50)42-13-17-45(18-14-42)53-59-54(48-19-15-39-5-1-3-7-46(39)30-48)61-55(60-53)49-20-16-40-6-2-4-8-47(40)31-49/h1-28,30-31,38,52H,29,32-34,36H2. The van der Waals surface area contributed by atoms with E-state index in [0.29, 0.717) is 23.0 Å². The van der Waals surface area contributed by atoms with E-state index in [4.69, 9.17) is 15.0 Å². The summed E-state index contributed by atoms with van der Waals surface area (Å²) in [7, 11) is 0. The first-order valence-corrected chi connectivity index (χ1v) is 21.6. The average molecular weight is 783 g/mol. The summed E-state index contributed by atoms with van der Waals surface area (Å²) < 4.78 is 0. The minimum atomic E-state index is 0.240. The molecule has 4 unspecified atom stereocenters. The van der Waals surface area contributed by atoms with Gasteiger partial charge in [-0.3, -0.25) is 0 Å². The van der Waals surface area contributed by atoms with Crippen molar-refractivity contribution in [1.82, 2.24) is 15.0 Å². The Morgan fingerprint density at radius 3 is 1.41 bits per heavy atom. The highest BCUT2D eigenvalue weighted by Gasteiger charge is 2.64. The molecule has 61 heavy (non-hydrogen) atoms. The van der Waals surface area contributed by atoms with Gasteiger partial charge in [0.25, 0.3) is 0 Å². The van der Waals surface area contributed by atoms with Crippen molar-refractivity contribution < 1.29 is 0 Å². The highest BCUT2D eigenvalue weighted by molar-refractivity contribution is 5.88. The highest BCUT2D eigenvalue weighted by atomic mass is 15.0. The Morgan fingerprint density at radius 1 is 0.426 bits per heavy atom. The molecule has 290 valence electrons. The number of benzene rings is 8. The molecular formula is C57H42N4. The Morgan fingerprint density at radius 2 is 0.869 bits per heavy atom. The molecule has 1 aromatic heterocycles. The van der Waals surface area contributed by atoms with Gasteiger partial charge in [0.15, 0.2) is 17.5 Å². The first kappa shape index (κ1) is 35.7. The van der Waals surface area contributed by atoms with Gasteiger partial charge in [-0.25, -0.2) is 15.0 Å². The zero-order valence-corrected chi connectivity index (χ0v) is 33.8. The third kappa shape index (κ3) is 6.07. The van der Waals surface area contributed by atoms with E-state index in [1.54, 1.807) is 0 Å². The molecule has 4 bridgehead atoms. The maximum absolute atomic E-state index is 9.24. The summed E-state index contributed by atoms with van der Waals surface area (Å²) in [5, 5.41) is 13.9. The van der Waals surface area contributed by atoms with Gasteiger partial charge < -0.3 is 0 Å². The summed E-state index contributed by atoms with van der Waals surface area (Å²) in [6.45, 7) is 0. The molecule has 4 aliphatic carbocycles. The Labute approximate surface area is 356 Å². The molecule has 4 nitrogen and oxygen atoms in total. The fourth-order valence-corrected chi connectivity index (χ4v) is 11.7. The Hall–Kier alpha value is -7.22. The molecule has 4 aliphatic rings. The van der Waals surface area contributed by atoms with Crippen LogP contribution in [0.4, 0.5) is 0 Å². The van der Waals surface area contributed by atoms with Gasteiger partial charge in [-0.05, 0) is 134 Å². The van der Waals surface area contributed by atoms with Crippen molar-refractivity contribution in [3.63, 3.8) is 0 Å². The lowest BCUT2D eigenvalue weighted by Crippen LogP contribution is -2.35. The molecule has 9 aromatic rings. The molecule has 4 heteroatoms. The number of hydrogen-bond acceptors (Lipinski definition) is 4. The minimum Gasteiger partial charge on any atom is -0.208 e. The monoisotopic (exact) mass is 782 g/mol. The second kappa shape index (κ2) is 13.9. The summed E-state index contributed by atoms with van der Waals surface area (Å²) in [5.41, 5.74) is 11.9. The van der Waals surface area contributed by atoms with Crippen LogP contribution in [0.25, 0.3) is 78.0 Å². The van der Waals surface area contributed by atoms with Crippen LogP contribution in [-0.2, 0) is 10.8 Å². The lowest BCUT2D eigenvalue weighted by Gasteiger charge is -2.42. The molecule has 4 atom stereocenters. The summed E-state index contributed by atoms with van der Waals surface area (Å²) in [4.78, 5) is 15.2. The smallest absolute Gasteiger partial charge is 0.164 e. The number of nitrogens with zero attached hydrogens (tertiary/aromatic N) is 4. The minimum absolute atomic E-state index is 0.240. The van der Waals surface area contributed by atoms with Gasteiger partial charge in [-0.1, -0.05) is 158 Å². The molecule has 0 aliphatic heterocycles. The van der Waals surface area contributed by atoms with E-state index < -0.39 is 0 Å². The molecule has 4 fully saturated rings. The zero-order chi connectivity index (χ0) is 40.5. The van der Waals surface area contributed by atoms with Gasteiger partial charge in [-0.15, -0.1) is 0 Å². The van der Waals surface area contributed by atoms with Gasteiger partial charge in [-0.2, -0.15) is 5.26 Å². The summed E-state index contributed by atoms with van der Waals surface area (Å²) in [5.74, 6) is 3.51. The van der Waals surface area contributed by atoms with E-state index in [1.165, 1.54) is 70.7 Å². The molecule has 0 saturated heterocycles. The molecule has 0 spiro atoms. The van der Waals surface area contributed by atoms with Crippen LogP contribution in [0, 0.1) is 23.2 Å². The lowest BCUT2D eigenvalue weighted by atomic mass is 9.62. The number of aromatic nitrogens is 3. The van der Waals surface area contributed by atoms with Crippen molar-refractivity contribution in [2.24, 2.45) is 11.8 Å². The Balaban J connectivity index is 0.828. The van der Waals surface area contributed by atoms with Crippen LogP contribution < -0.4 is 0 Å². The predicted molar refractivity (Wildman–Crippen MR) is 247 cm³/mol. The molecule has 8 aromatic carbocycles. The molecule has 1 heterocycles. The quantitative estimate of drug-likeness (QED) is 0.162. The van der Waals surface area contributed by atoms with Gasteiger partial charge in [0.05, 0.1) is 11.6 Å². The third-order valence-corrected chi connectivity index (χ3v) is 14.5. The topological polar surface area (TPSA) is 62.5 Å². The van der Waals surface area contributed by atoms with E-state index in [1.807, 2.05) is 12.1 Å². The van der Waals surface area contributed by atoms with Crippen molar-refractivity contribution in [3.8, 4) is 62.5 Å². The van der Waals surface area contributed by atoms with Crippen molar-refractivity contribution in [1.29, 1.82) is 5.26 Å². The Bertz CT molecular complexity index is 3080. The maximum atomic E-state index is 9.24. The van der Waals surface area contributed by atoms with Gasteiger partial charge >= 0.3 is 0 Å². The van der Waals surface area contributed by atoms with Crippen molar-refractivity contribution in [2.75, 3.05) is 0 Å². The van der Waals surface area contributed by atoms with Crippen LogP contribution in [0.15, 0.2) is 182 Å². The third-order valence-electron chi connectivity index (χ3n) is 14.5. The summed E-state index contributed by atoms with van der Waals surface area (Å²) in [6.07, 6.45) is 6.49. The molecule has 4 saturated carbocycles. The van der Waals surface area contributed by atoms with E-state index >= 15 is 0 Å². The normalized spacial score (nSPS) is 21.2. The first-order chi connectivity index (χ1) is 30.0. The fourth-order valence-electron chi connectivity index (χ4n) is 11.7. The maximum Gasteiger partial charge on any atom is 0.164 e. The van der Waals surface area contributed by atoms with Crippen LogP contribution >= 0.6 is 0 Å². The Kier molecular flexibility index (Phi) is 8.15. The number of hydrogen-bond donors (Lipinski definition) is 0. The van der Waals surface area contributed by atoms with E-state index in [0.717, 1.165) is 44.9 Å².